The minimum atomic E-state index is -0.288. The van der Waals surface area contributed by atoms with Gasteiger partial charge in [-0.1, -0.05) is 28.1 Å². The van der Waals surface area contributed by atoms with Gasteiger partial charge in [0.2, 0.25) is 0 Å². The summed E-state index contributed by atoms with van der Waals surface area (Å²) in [5.41, 5.74) is 2.82. The first kappa shape index (κ1) is 14.0. The molecule has 0 aliphatic carbocycles. The number of likely N-dealkylation sites (N-methyl/N-ethyl adjacent to an activating group) is 1. The monoisotopic (exact) mass is 312 g/mol. The van der Waals surface area contributed by atoms with Crippen LogP contribution in [0.5, 0.6) is 0 Å². The van der Waals surface area contributed by atoms with Crippen LogP contribution in [-0.4, -0.2) is 42.8 Å². The molecule has 1 unspecified atom stereocenters. The van der Waals surface area contributed by atoms with E-state index in [1.807, 2.05) is 7.05 Å². The van der Waals surface area contributed by atoms with Gasteiger partial charge in [-0.2, -0.15) is 0 Å². The van der Waals surface area contributed by atoms with E-state index in [0.29, 0.717) is 6.54 Å². The van der Waals surface area contributed by atoms with Crippen molar-refractivity contribution in [2.24, 2.45) is 0 Å². The lowest BCUT2D eigenvalue weighted by Gasteiger charge is -2.23. The molecule has 2 N–H and O–H groups in total. The number of β-amino-alcohol motifs (C(OH)–C–C–N with tert-alkyl or cyclic N) is 1. The van der Waals surface area contributed by atoms with Crippen LogP contribution in [0.1, 0.15) is 17.5 Å². The predicted octanol–water partition coefficient (Wildman–Crippen LogP) is 1.78. The average molecular weight is 313 g/mol. The summed E-state index contributed by atoms with van der Waals surface area (Å²) in [5, 5.41) is 12.9. The van der Waals surface area contributed by atoms with Crippen molar-refractivity contribution in [2.45, 2.75) is 25.5 Å². The highest BCUT2D eigenvalue weighted by molar-refractivity contribution is 9.10. The van der Waals surface area contributed by atoms with Crippen molar-refractivity contribution >= 4 is 15.9 Å². The van der Waals surface area contributed by atoms with E-state index in [1.54, 1.807) is 0 Å². The Bertz CT molecular complexity index is 397. The van der Waals surface area contributed by atoms with Gasteiger partial charge >= 0.3 is 0 Å². The third-order valence-electron chi connectivity index (χ3n) is 3.42. The van der Waals surface area contributed by atoms with E-state index in [9.17, 15) is 5.11 Å². The summed E-state index contributed by atoms with van der Waals surface area (Å²) >= 11 is 3.63. The highest BCUT2D eigenvalue weighted by Crippen LogP contribution is 2.26. The van der Waals surface area contributed by atoms with E-state index in [4.69, 9.17) is 0 Å². The molecule has 1 aromatic rings. The van der Waals surface area contributed by atoms with E-state index < -0.39 is 0 Å². The number of benzene rings is 1. The highest BCUT2D eigenvalue weighted by atomic mass is 79.9. The molecule has 0 saturated heterocycles. The Morgan fingerprint density at radius 1 is 1.50 bits per heavy atom. The maximum atomic E-state index is 9.88. The fourth-order valence-corrected chi connectivity index (χ4v) is 3.19. The third-order valence-corrected chi connectivity index (χ3v) is 4.16. The molecule has 0 radical (unpaired) electrons. The van der Waals surface area contributed by atoms with Crippen LogP contribution in [0, 0.1) is 0 Å². The summed E-state index contributed by atoms with van der Waals surface area (Å²) in [6, 6.07) is 6.41. The van der Waals surface area contributed by atoms with Crippen molar-refractivity contribution in [3.05, 3.63) is 33.8 Å². The third kappa shape index (κ3) is 3.54. The SMILES string of the molecule is CNCC(O)CN1CCCc2c(Br)cccc2C1. The number of halogens is 1. The van der Waals surface area contributed by atoms with Crippen LogP contribution >= 0.6 is 15.9 Å². The predicted molar refractivity (Wildman–Crippen MR) is 77.7 cm³/mol. The smallest absolute Gasteiger partial charge is 0.0791 e. The van der Waals surface area contributed by atoms with E-state index in [1.165, 1.54) is 15.6 Å². The van der Waals surface area contributed by atoms with Gasteiger partial charge in [-0.3, -0.25) is 4.90 Å². The van der Waals surface area contributed by atoms with Crippen molar-refractivity contribution in [3.63, 3.8) is 0 Å². The van der Waals surface area contributed by atoms with Gasteiger partial charge in [-0.05, 0) is 43.6 Å². The lowest BCUT2D eigenvalue weighted by atomic mass is 10.0. The van der Waals surface area contributed by atoms with Gasteiger partial charge in [0.25, 0.3) is 0 Å². The highest BCUT2D eigenvalue weighted by Gasteiger charge is 2.17. The summed E-state index contributed by atoms with van der Waals surface area (Å²) in [6.07, 6.45) is 1.99. The van der Waals surface area contributed by atoms with Crippen LogP contribution in [0.3, 0.4) is 0 Å². The lowest BCUT2D eigenvalue weighted by Crippen LogP contribution is -2.37. The van der Waals surface area contributed by atoms with Crippen molar-refractivity contribution in [1.82, 2.24) is 10.2 Å². The van der Waals surface area contributed by atoms with Crippen molar-refractivity contribution in [3.8, 4) is 0 Å². The van der Waals surface area contributed by atoms with E-state index >= 15 is 0 Å². The topological polar surface area (TPSA) is 35.5 Å². The molecule has 1 atom stereocenters. The molecule has 100 valence electrons. The van der Waals surface area contributed by atoms with E-state index in [2.05, 4.69) is 44.3 Å². The van der Waals surface area contributed by atoms with Gasteiger partial charge in [0, 0.05) is 24.1 Å². The Morgan fingerprint density at radius 3 is 3.11 bits per heavy atom. The van der Waals surface area contributed by atoms with Crippen molar-refractivity contribution < 1.29 is 5.11 Å². The van der Waals surface area contributed by atoms with Crippen molar-refractivity contribution in [1.29, 1.82) is 0 Å². The van der Waals surface area contributed by atoms with Crippen LogP contribution in [0.15, 0.2) is 22.7 Å². The minimum Gasteiger partial charge on any atom is -0.390 e. The fraction of sp³-hybridized carbons (Fsp3) is 0.571. The molecule has 2 rings (SSSR count). The van der Waals surface area contributed by atoms with Gasteiger partial charge in [0.15, 0.2) is 0 Å². The first-order chi connectivity index (χ1) is 8.70. The molecule has 0 saturated carbocycles. The quantitative estimate of drug-likeness (QED) is 0.889. The summed E-state index contributed by atoms with van der Waals surface area (Å²) in [6.45, 7) is 3.39. The second-order valence-electron chi connectivity index (χ2n) is 4.93. The molecule has 4 heteroatoms. The molecule has 18 heavy (non-hydrogen) atoms. The molecule has 0 aromatic heterocycles. The normalized spacial score (nSPS) is 18.2. The first-order valence-corrected chi connectivity index (χ1v) is 7.31. The zero-order valence-electron chi connectivity index (χ0n) is 10.8. The number of rotatable bonds is 4. The zero-order chi connectivity index (χ0) is 13.0. The molecular weight excluding hydrogens is 292 g/mol. The largest absolute Gasteiger partial charge is 0.390 e. The van der Waals surface area contributed by atoms with E-state index in [-0.39, 0.29) is 6.10 Å². The van der Waals surface area contributed by atoms with Gasteiger partial charge in [-0.15, -0.1) is 0 Å². The second kappa shape index (κ2) is 6.66. The summed E-state index contributed by atoms with van der Waals surface area (Å²) < 4.78 is 1.22. The number of aliphatic hydroxyl groups excluding tert-OH is 1. The van der Waals surface area contributed by atoms with Gasteiger partial charge in [0.1, 0.15) is 0 Å². The molecular formula is C14H21BrN2O. The molecule has 1 aliphatic heterocycles. The standard InChI is InChI=1S/C14H21BrN2O/c1-16-8-12(18)10-17-7-3-5-13-11(9-17)4-2-6-14(13)15/h2,4,6,12,16,18H,3,5,7-10H2,1H3. The summed E-state index contributed by atoms with van der Waals surface area (Å²) in [5.74, 6) is 0. The number of hydrogen-bond acceptors (Lipinski definition) is 3. The van der Waals surface area contributed by atoms with Crippen LogP contribution in [0.2, 0.25) is 0 Å². The zero-order valence-corrected chi connectivity index (χ0v) is 12.4. The molecule has 0 amide bonds. The van der Waals surface area contributed by atoms with Crippen LogP contribution in [-0.2, 0) is 13.0 Å². The number of aliphatic hydroxyl groups is 1. The molecule has 0 bridgehead atoms. The number of nitrogens with one attached hydrogen (secondary N) is 1. The Morgan fingerprint density at radius 2 is 2.33 bits per heavy atom. The Hall–Kier alpha value is -0.420. The minimum absolute atomic E-state index is 0.288. The molecule has 1 aromatic carbocycles. The Kier molecular flexibility index (Phi) is 5.18. The fourth-order valence-electron chi connectivity index (χ4n) is 2.58. The van der Waals surface area contributed by atoms with E-state index in [0.717, 1.165) is 32.5 Å². The first-order valence-electron chi connectivity index (χ1n) is 6.52. The number of nitrogens with zero attached hydrogens (tertiary/aromatic N) is 1. The average Bonchev–Trinajstić information content (AvgIpc) is 2.52. The number of fused-ring (bicyclic) bond motifs is 1. The molecule has 1 heterocycles. The van der Waals surface area contributed by atoms with Crippen molar-refractivity contribution in [2.75, 3.05) is 26.7 Å². The van der Waals surface area contributed by atoms with Crippen LogP contribution < -0.4 is 5.32 Å². The Balaban J connectivity index is 2.05. The Labute approximate surface area is 117 Å². The van der Waals surface area contributed by atoms with Gasteiger partial charge in [-0.25, -0.2) is 0 Å². The molecule has 0 fully saturated rings. The lowest BCUT2D eigenvalue weighted by molar-refractivity contribution is 0.110. The number of hydrogen-bond donors (Lipinski definition) is 2. The molecule has 3 nitrogen and oxygen atoms in total. The van der Waals surface area contributed by atoms with Gasteiger partial charge in [0.05, 0.1) is 6.10 Å². The van der Waals surface area contributed by atoms with Crippen LogP contribution in [0.25, 0.3) is 0 Å². The summed E-state index contributed by atoms with van der Waals surface area (Å²) in [4.78, 5) is 2.35. The second-order valence-corrected chi connectivity index (χ2v) is 5.78. The van der Waals surface area contributed by atoms with Crippen LogP contribution in [0.4, 0.5) is 0 Å². The van der Waals surface area contributed by atoms with Gasteiger partial charge < -0.3 is 10.4 Å². The maximum Gasteiger partial charge on any atom is 0.0791 e. The maximum absolute atomic E-state index is 9.88. The summed E-state index contributed by atoms with van der Waals surface area (Å²) in [7, 11) is 1.87. The molecule has 0 spiro atoms. The molecule has 1 aliphatic rings.